The Balaban J connectivity index is 1.60. The Hall–Kier alpha value is -0.580. The zero-order valence-electron chi connectivity index (χ0n) is 13.2. The van der Waals surface area contributed by atoms with Crippen molar-refractivity contribution in [3.8, 4) is 0 Å². The zero-order chi connectivity index (χ0) is 15.5. The van der Waals surface area contributed by atoms with Gasteiger partial charge in [0.25, 0.3) is 0 Å². The molecule has 4 atom stereocenters. The van der Waals surface area contributed by atoms with Gasteiger partial charge in [-0.15, -0.1) is 0 Å². The van der Waals surface area contributed by atoms with Crippen LogP contribution in [0.5, 0.6) is 0 Å². The van der Waals surface area contributed by atoms with Gasteiger partial charge in [0, 0.05) is 11.8 Å². The van der Waals surface area contributed by atoms with Crippen LogP contribution in [0.3, 0.4) is 0 Å². The van der Waals surface area contributed by atoms with Gasteiger partial charge in [0.1, 0.15) is 6.10 Å². The largest absolute Gasteiger partial charge is 0.462 e. The summed E-state index contributed by atoms with van der Waals surface area (Å²) in [6.07, 6.45) is 4.21. The van der Waals surface area contributed by atoms with E-state index in [0.717, 1.165) is 12.8 Å². The van der Waals surface area contributed by atoms with Crippen molar-refractivity contribution >= 4 is 15.8 Å². The molecule has 21 heavy (non-hydrogen) atoms. The Morgan fingerprint density at radius 2 is 1.95 bits per heavy atom. The number of hydrogen-bond acceptors (Lipinski definition) is 4. The van der Waals surface area contributed by atoms with Gasteiger partial charge in [-0.2, -0.15) is 0 Å². The van der Waals surface area contributed by atoms with E-state index >= 15 is 0 Å². The average Bonchev–Trinajstić information content (AvgIpc) is 2.86. The van der Waals surface area contributed by atoms with Crippen molar-refractivity contribution in [2.75, 3.05) is 11.5 Å². The molecule has 1 saturated heterocycles. The number of fused-ring (bicyclic) bond motifs is 2. The van der Waals surface area contributed by atoms with Crippen LogP contribution in [0, 0.1) is 22.7 Å². The molecule has 0 aromatic carbocycles. The van der Waals surface area contributed by atoms with E-state index in [0.29, 0.717) is 12.3 Å². The standard InChI is InChI=1S/C16H26O4S/c1-15(2)12-4-6-16(15,3)13(9-12)20-14(17)8-11-5-7-21(18,19)10-11/h11-13H,4-10H2,1-3H3/t11-,12+,13+,16+/m1/s1. The first kappa shape index (κ1) is 15.3. The van der Waals surface area contributed by atoms with Gasteiger partial charge in [0.15, 0.2) is 9.84 Å². The van der Waals surface area contributed by atoms with Crippen LogP contribution < -0.4 is 0 Å². The van der Waals surface area contributed by atoms with Crippen LogP contribution in [-0.2, 0) is 19.4 Å². The van der Waals surface area contributed by atoms with E-state index in [-0.39, 0.29) is 46.7 Å². The molecule has 0 radical (unpaired) electrons. The minimum atomic E-state index is -2.92. The minimum absolute atomic E-state index is 0.0109. The van der Waals surface area contributed by atoms with Crippen LogP contribution in [0.2, 0.25) is 0 Å². The van der Waals surface area contributed by atoms with Crippen molar-refractivity contribution in [2.24, 2.45) is 22.7 Å². The SMILES string of the molecule is CC1(C)[C@H]2CC[C@@]1(C)[C@@H](OC(=O)C[C@H]1CCS(=O)(=O)C1)C2. The molecular formula is C16H26O4S. The highest BCUT2D eigenvalue weighted by atomic mass is 32.2. The molecule has 1 aliphatic heterocycles. The second kappa shape index (κ2) is 4.71. The summed E-state index contributed by atoms with van der Waals surface area (Å²) in [4.78, 5) is 12.2. The normalized spacial score (nSPS) is 43.1. The summed E-state index contributed by atoms with van der Waals surface area (Å²) in [6, 6.07) is 0. The van der Waals surface area contributed by atoms with Crippen molar-refractivity contribution in [3.63, 3.8) is 0 Å². The Bertz CT molecular complexity index is 551. The van der Waals surface area contributed by atoms with E-state index < -0.39 is 9.84 Å². The van der Waals surface area contributed by atoms with Crippen molar-refractivity contribution in [2.45, 2.75) is 59.0 Å². The van der Waals surface area contributed by atoms with Gasteiger partial charge in [-0.3, -0.25) is 4.79 Å². The van der Waals surface area contributed by atoms with Gasteiger partial charge < -0.3 is 4.74 Å². The molecule has 2 saturated carbocycles. The molecule has 2 bridgehead atoms. The third-order valence-corrected chi connectivity index (χ3v) is 8.61. The maximum absolute atomic E-state index is 12.2. The van der Waals surface area contributed by atoms with Crippen LogP contribution in [0.1, 0.15) is 52.9 Å². The van der Waals surface area contributed by atoms with Crippen molar-refractivity contribution in [1.82, 2.24) is 0 Å². The van der Waals surface area contributed by atoms with E-state index in [9.17, 15) is 13.2 Å². The van der Waals surface area contributed by atoms with Crippen molar-refractivity contribution in [3.05, 3.63) is 0 Å². The first-order chi connectivity index (χ1) is 9.64. The Morgan fingerprint density at radius 1 is 1.24 bits per heavy atom. The molecule has 4 nitrogen and oxygen atoms in total. The van der Waals surface area contributed by atoms with Crippen LogP contribution in [0.15, 0.2) is 0 Å². The lowest BCUT2D eigenvalue weighted by Gasteiger charge is -2.38. The summed E-state index contributed by atoms with van der Waals surface area (Å²) in [5.41, 5.74) is 0.309. The van der Waals surface area contributed by atoms with Gasteiger partial charge in [0.05, 0.1) is 11.5 Å². The average molecular weight is 314 g/mol. The molecule has 120 valence electrons. The first-order valence-electron chi connectivity index (χ1n) is 8.04. The number of rotatable bonds is 3. The molecule has 0 aromatic rings. The number of carbonyl (C=O) groups excluding carboxylic acids is 1. The third-order valence-electron chi connectivity index (χ3n) is 6.77. The highest BCUT2D eigenvalue weighted by Gasteiger charge is 2.62. The minimum Gasteiger partial charge on any atom is -0.462 e. The summed E-state index contributed by atoms with van der Waals surface area (Å²) in [7, 11) is -2.92. The first-order valence-corrected chi connectivity index (χ1v) is 9.86. The number of carbonyl (C=O) groups is 1. The molecule has 0 amide bonds. The Labute approximate surface area is 127 Å². The summed E-state index contributed by atoms with van der Waals surface area (Å²) in [5.74, 6) is 0.778. The summed E-state index contributed by atoms with van der Waals surface area (Å²) < 4.78 is 28.7. The van der Waals surface area contributed by atoms with E-state index in [1.165, 1.54) is 6.42 Å². The van der Waals surface area contributed by atoms with Crippen molar-refractivity contribution in [1.29, 1.82) is 0 Å². The number of sulfone groups is 1. The molecule has 0 spiro atoms. The highest BCUT2D eigenvalue weighted by Crippen LogP contribution is 2.66. The molecule has 3 aliphatic rings. The summed E-state index contributed by atoms with van der Waals surface area (Å²) >= 11 is 0. The predicted octanol–water partition coefficient (Wildman–Crippen LogP) is 2.57. The van der Waals surface area contributed by atoms with Crippen LogP contribution in [-0.4, -0.2) is 32.0 Å². The predicted molar refractivity (Wildman–Crippen MR) is 80.5 cm³/mol. The van der Waals surface area contributed by atoms with Gasteiger partial charge in [-0.25, -0.2) is 8.42 Å². The van der Waals surface area contributed by atoms with E-state index in [2.05, 4.69) is 20.8 Å². The lowest BCUT2D eigenvalue weighted by molar-refractivity contribution is -0.157. The maximum Gasteiger partial charge on any atom is 0.306 e. The molecule has 3 rings (SSSR count). The zero-order valence-corrected chi connectivity index (χ0v) is 14.0. The molecule has 1 heterocycles. The molecule has 5 heteroatoms. The molecule has 0 aromatic heterocycles. The highest BCUT2D eigenvalue weighted by molar-refractivity contribution is 7.91. The fourth-order valence-electron chi connectivity index (χ4n) is 4.78. The number of ether oxygens (including phenoxy) is 1. The van der Waals surface area contributed by atoms with Gasteiger partial charge in [-0.1, -0.05) is 20.8 Å². The molecule has 0 unspecified atom stereocenters. The summed E-state index contributed by atoms with van der Waals surface area (Å²) in [5, 5.41) is 0. The van der Waals surface area contributed by atoms with Gasteiger partial charge >= 0.3 is 5.97 Å². The monoisotopic (exact) mass is 314 g/mol. The Kier molecular flexibility index (Phi) is 3.43. The van der Waals surface area contributed by atoms with Crippen LogP contribution in [0.25, 0.3) is 0 Å². The smallest absolute Gasteiger partial charge is 0.306 e. The van der Waals surface area contributed by atoms with Crippen molar-refractivity contribution < 1.29 is 17.9 Å². The lowest BCUT2D eigenvalue weighted by Crippen LogP contribution is -2.38. The van der Waals surface area contributed by atoms with E-state index in [4.69, 9.17) is 4.74 Å². The van der Waals surface area contributed by atoms with E-state index in [1.54, 1.807) is 0 Å². The fraction of sp³-hybridized carbons (Fsp3) is 0.938. The molecule has 0 N–H and O–H groups in total. The second-order valence-corrected chi connectivity index (χ2v) is 10.3. The number of hydrogen-bond donors (Lipinski definition) is 0. The van der Waals surface area contributed by atoms with Crippen LogP contribution in [0.4, 0.5) is 0 Å². The third kappa shape index (κ3) is 2.41. The van der Waals surface area contributed by atoms with Gasteiger partial charge in [0.2, 0.25) is 0 Å². The molecular weight excluding hydrogens is 288 g/mol. The number of esters is 1. The maximum atomic E-state index is 12.2. The lowest BCUT2D eigenvalue weighted by atomic mass is 9.70. The molecule has 2 aliphatic carbocycles. The van der Waals surface area contributed by atoms with Gasteiger partial charge in [-0.05, 0) is 42.9 Å². The fourth-order valence-corrected chi connectivity index (χ4v) is 6.65. The summed E-state index contributed by atoms with van der Waals surface area (Å²) in [6.45, 7) is 6.84. The Morgan fingerprint density at radius 3 is 2.43 bits per heavy atom. The molecule has 3 fully saturated rings. The van der Waals surface area contributed by atoms with E-state index in [1.807, 2.05) is 0 Å². The topological polar surface area (TPSA) is 60.4 Å². The quantitative estimate of drug-likeness (QED) is 0.751. The second-order valence-electron chi connectivity index (χ2n) is 8.06. The van der Waals surface area contributed by atoms with Crippen LogP contribution >= 0.6 is 0 Å².